The van der Waals surface area contributed by atoms with E-state index in [1.807, 2.05) is 66.7 Å². The van der Waals surface area contributed by atoms with E-state index in [1.165, 1.54) is 4.68 Å². The van der Waals surface area contributed by atoms with Crippen molar-refractivity contribution in [3.63, 3.8) is 0 Å². The number of para-hydroxylation sites is 1. The van der Waals surface area contributed by atoms with Crippen LogP contribution < -0.4 is 10.5 Å². The van der Waals surface area contributed by atoms with E-state index in [2.05, 4.69) is 5.10 Å². The van der Waals surface area contributed by atoms with E-state index >= 15 is 0 Å². The number of aromatic nitrogens is 2. The Hall–Kier alpha value is -5.38. The third kappa shape index (κ3) is 5.40. The molecule has 0 bridgehead atoms. The van der Waals surface area contributed by atoms with Crippen molar-refractivity contribution in [3.05, 3.63) is 148 Å². The predicted molar refractivity (Wildman–Crippen MR) is 183 cm³/mol. The molecule has 4 aromatic carbocycles. The highest BCUT2D eigenvalue weighted by molar-refractivity contribution is 6.07. The number of carbonyl (C=O) groups is 2. The molecule has 3 atom stereocenters. The maximum Gasteiger partial charge on any atom is 0.279 e. The van der Waals surface area contributed by atoms with Crippen molar-refractivity contribution in [2.45, 2.75) is 44.5 Å². The van der Waals surface area contributed by atoms with Crippen LogP contribution in [0.1, 0.15) is 35.6 Å². The van der Waals surface area contributed by atoms with Gasteiger partial charge in [0.25, 0.3) is 11.5 Å². The molecule has 9 heteroatoms. The number of aliphatic hydroxyl groups is 2. The van der Waals surface area contributed by atoms with Gasteiger partial charge in [-0.15, -0.1) is 0 Å². The normalized spacial score (nSPS) is 19.5. The summed E-state index contributed by atoms with van der Waals surface area (Å²) in [6.07, 6.45) is 5.78. The molecule has 3 heterocycles. The number of benzene rings is 4. The van der Waals surface area contributed by atoms with Crippen molar-refractivity contribution < 1.29 is 19.8 Å². The van der Waals surface area contributed by atoms with E-state index < -0.39 is 17.4 Å². The lowest BCUT2D eigenvalue weighted by atomic mass is 9.83. The van der Waals surface area contributed by atoms with Gasteiger partial charge in [-0.3, -0.25) is 14.4 Å². The molecule has 0 saturated heterocycles. The highest BCUT2D eigenvalue weighted by Crippen LogP contribution is 2.45. The molecule has 0 fully saturated rings. The van der Waals surface area contributed by atoms with Crippen LogP contribution in [0.15, 0.2) is 120 Å². The Morgan fingerprint density at radius 2 is 1.67 bits per heavy atom. The molecule has 0 aliphatic carbocycles. The monoisotopic (exact) mass is 640 g/mol. The van der Waals surface area contributed by atoms with Gasteiger partial charge in [-0.2, -0.15) is 9.78 Å². The summed E-state index contributed by atoms with van der Waals surface area (Å²) in [5.41, 5.74) is 2.73. The quantitative estimate of drug-likeness (QED) is 0.239. The standard InChI is InChI=1S/C39H36N4O5/c1-26(9-8-16-36(45)41-24-30-12-3-2-10-28(30)21-32(41)25-44)39(48)34-14-6-7-15-35(34)42(38(39)47)23-27-17-19-31(20-18-27)43-37(46)33-13-5-4-11-29(33)22-40-43/h2-15,17-20,22,26,32,44,48H,16,21,23-25H2,1H3/b9-8+/t26-,32-,39+/m0/s1. The van der Waals surface area contributed by atoms with Gasteiger partial charge in [0.2, 0.25) is 5.91 Å². The van der Waals surface area contributed by atoms with Gasteiger partial charge < -0.3 is 20.0 Å². The Balaban J connectivity index is 1.07. The maximum atomic E-state index is 14.0. The minimum absolute atomic E-state index is 0.0835. The SMILES string of the molecule is C[C@@H](/C=C/CC(=O)N1Cc2ccccc2C[C@H]1CO)[C@]1(O)C(=O)N(Cc2ccc(-n3ncc4ccccc4c3=O)cc2)c2ccccc21. The number of aliphatic hydroxyl groups excluding tert-OH is 1. The van der Waals surface area contributed by atoms with E-state index in [-0.39, 0.29) is 37.1 Å². The molecule has 0 unspecified atom stereocenters. The summed E-state index contributed by atoms with van der Waals surface area (Å²) in [4.78, 5) is 43.6. The fourth-order valence-corrected chi connectivity index (χ4v) is 6.93. The summed E-state index contributed by atoms with van der Waals surface area (Å²) in [6, 6.07) is 29.5. The van der Waals surface area contributed by atoms with Crippen LogP contribution in [0, 0.1) is 5.92 Å². The minimum Gasteiger partial charge on any atom is -0.394 e. The highest BCUT2D eigenvalue weighted by atomic mass is 16.3. The van der Waals surface area contributed by atoms with Crippen LogP contribution in [0.2, 0.25) is 0 Å². The highest BCUT2D eigenvalue weighted by Gasteiger charge is 2.52. The largest absolute Gasteiger partial charge is 0.394 e. The molecule has 5 aromatic rings. The van der Waals surface area contributed by atoms with E-state index in [4.69, 9.17) is 0 Å². The average Bonchev–Trinajstić information content (AvgIpc) is 3.34. The second-order valence-electron chi connectivity index (χ2n) is 12.5. The Labute approximate surface area is 278 Å². The van der Waals surface area contributed by atoms with Crippen LogP contribution in [-0.2, 0) is 34.7 Å². The first-order chi connectivity index (χ1) is 23.3. The number of hydrogen-bond acceptors (Lipinski definition) is 6. The second kappa shape index (κ2) is 12.7. The maximum absolute atomic E-state index is 14.0. The number of carbonyl (C=O) groups excluding carboxylic acids is 2. The van der Waals surface area contributed by atoms with Gasteiger partial charge in [-0.1, -0.05) is 91.9 Å². The van der Waals surface area contributed by atoms with Crippen molar-refractivity contribution in [2.24, 2.45) is 5.92 Å². The zero-order valence-corrected chi connectivity index (χ0v) is 26.6. The Morgan fingerprint density at radius 3 is 2.46 bits per heavy atom. The number of rotatable bonds is 8. The van der Waals surface area contributed by atoms with E-state index in [0.717, 1.165) is 22.1 Å². The van der Waals surface area contributed by atoms with Crippen LogP contribution in [0.25, 0.3) is 16.5 Å². The third-order valence-corrected chi connectivity index (χ3v) is 9.66. The molecule has 2 N–H and O–H groups in total. The van der Waals surface area contributed by atoms with Gasteiger partial charge in [0.05, 0.1) is 42.2 Å². The predicted octanol–water partition coefficient (Wildman–Crippen LogP) is 4.65. The smallest absolute Gasteiger partial charge is 0.279 e. The lowest BCUT2D eigenvalue weighted by Crippen LogP contribution is -2.46. The number of fused-ring (bicyclic) bond motifs is 3. The first-order valence-electron chi connectivity index (χ1n) is 16.1. The molecular weight excluding hydrogens is 604 g/mol. The molecule has 7 rings (SSSR count). The first kappa shape index (κ1) is 31.2. The van der Waals surface area contributed by atoms with Crippen molar-refractivity contribution >= 4 is 28.3 Å². The fraction of sp³-hybridized carbons (Fsp3) is 0.231. The number of anilines is 1. The second-order valence-corrected chi connectivity index (χ2v) is 12.5. The lowest BCUT2D eigenvalue weighted by molar-refractivity contribution is -0.139. The molecule has 48 heavy (non-hydrogen) atoms. The molecule has 9 nitrogen and oxygen atoms in total. The minimum atomic E-state index is -1.82. The molecule has 242 valence electrons. The third-order valence-electron chi connectivity index (χ3n) is 9.66. The van der Waals surface area contributed by atoms with Gasteiger partial charge in [0.1, 0.15) is 0 Å². The molecule has 1 aromatic heterocycles. The van der Waals surface area contributed by atoms with Gasteiger partial charge in [0, 0.05) is 29.8 Å². The molecule has 0 spiro atoms. The molecule has 0 saturated carbocycles. The zero-order valence-electron chi connectivity index (χ0n) is 26.6. The van der Waals surface area contributed by atoms with Gasteiger partial charge in [-0.25, -0.2) is 0 Å². The van der Waals surface area contributed by atoms with Crippen molar-refractivity contribution in [1.82, 2.24) is 14.7 Å². The lowest BCUT2D eigenvalue weighted by Gasteiger charge is -2.36. The van der Waals surface area contributed by atoms with Crippen LogP contribution in [0.3, 0.4) is 0 Å². The first-order valence-corrected chi connectivity index (χ1v) is 16.1. The summed E-state index contributed by atoms with van der Waals surface area (Å²) in [5.74, 6) is -1.20. The zero-order chi connectivity index (χ0) is 33.4. The van der Waals surface area contributed by atoms with Crippen LogP contribution in [0.4, 0.5) is 5.69 Å². The van der Waals surface area contributed by atoms with Gasteiger partial charge in [-0.05, 0) is 47.4 Å². The van der Waals surface area contributed by atoms with Crippen LogP contribution >= 0.6 is 0 Å². The Kier molecular flexibility index (Phi) is 8.24. The Bertz CT molecular complexity index is 2110. The number of hydrogen-bond donors (Lipinski definition) is 2. The van der Waals surface area contributed by atoms with E-state index in [1.54, 1.807) is 65.4 Å². The summed E-state index contributed by atoms with van der Waals surface area (Å²) < 4.78 is 1.36. The molecule has 0 radical (unpaired) electrons. The average molecular weight is 641 g/mol. The topological polar surface area (TPSA) is 116 Å². The summed E-state index contributed by atoms with van der Waals surface area (Å²) in [6.45, 7) is 2.30. The van der Waals surface area contributed by atoms with E-state index in [9.17, 15) is 24.6 Å². The summed E-state index contributed by atoms with van der Waals surface area (Å²) in [7, 11) is 0. The van der Waals surface area contributed by atoms with Crippen LogP contribution in [-0.4, -0.2) is 49.4 Å². The summed E-state index contributed by atoms with van der Waals surface area (Å²) >= 11 is 0. The molecule has 2 aliphatic heterocycles. The van der Waals surface area contributed by atoms with Crippen molar-refractivity contribution in [1.29, 1.82) is 0 Å². The van der Waals surface area contributed by atoms with Crippen molar-refractivity contribution in [3.8, 4) is 5.69 Å². The van der Waals surface area contributed by atoms with E-state index in [0.29, 0.717) is 35.3 Å². The number of nitrogens with zero attached hydrogens (tertiary/aromatic N) is 4. The summed E-state index contributed by atoms with van der Waals surface area (Å²) in [5, 5.41) is 27.7. The molecule has 2 aliphatic rings. The van der Waals surface area contributed by atoms with Gasteiger partial charge in [0.15, 0.2) is 5.60 Å². The van der Waals surface area contributed by atoms with Crippen molar-refractivity contribution in [2.75, 3.05) is 11.5 Å². The van der Waals surface area contributed by atoms with Crippen LogP contribution in [0.5, 0.6) is 0 Å². The van der Waals surface area contributed by atoms with Gasteiger partial charge >= 0.3 is 0 Å². The Morgan fingerprint density at radius 1 is 0.958 bits per heavy atom. The number of amides is 2. The fourth-order valence-electron chi connectivity index (χ4n) is 6.93. The molecular formula is C39H36N4O5. The molecule has 2 amide bonds.